The average molecular weight is 359 g/mol. The molecule has 0 aliphatic carbocycles. The van der Waals surface area contributed by atoms with Crippen LogP contribution in [0, 0.1) is 0 Å². The van der Waals surface area contributed by atoms with E-state index in [4.69, 9.17) is 0 Å². The summed E-state index contributed by atoms with van der Waals surface area (Å²) in [4.78, 5) is 0. The summed E-state index contributed by atoms with van der Waals surface area (Å²) < 4.78 is 0. The van der Waals surface area contributed by atoms with Gasteiger partial charge in [0.1, 0.15) is 9.52 Å². The van der Waals surface area contributed by atoms with Crippen molar-refractivity contribution in [2.24, 2.45) is 0 Å². The summed E-state index contributed by atoms with van der Waals surface area (Å²) in [7, 11) is 0.755. The van der Waals surface area contributed by atoms with Crippen molar-refractivity contribution in [3.63, 3.8) is 0 Å². The van der Waals surface area contributed by atoms with E-state index >= 15 is 0 Å². The molecular formula is C20H26S2Si. The van der Waals surface area contributed by atoms with Gasteiger partial charge in [0.05, 0.1) is 0 Å². The fourth-order valence-electron chi connectivity index (χ4n) is 2.19. The third-order valence-corrected chi connectivity index (χ3v) is 7.25. The first-order valence-electron chi connectivity index (χ1n) is 8.22. The molecule has 0 saturated heterocycles. The number of rotatable bonds is 8. The summed E-state index contributed by atoms with van der Waals surface area (Å²) in [6.07, 6.45) is 0. The maximum absolute atomic E-state index is 2.31. The first kappa shape index (κ1) is 18.7. The van der Waals surface area contributed by atoms with E-state index in [0.29, 0.717) is 10.5 Å². The van der Waals surface area contributed by atoms with Crippen molar-refractivity contribution >= 4 is 43.4 Å². The largest absolute Gasteiger partial charge is 0.154 e. The molecule has 23 heavy (non-hydrogen) atoms. The quantitative estimate of drug-likeness (QED) is 0.631. The van der Waals surface area contributed by atoms with Gasteiger partial charge in [0, 0.05) is 11.5 Å². The molecule has 0 aliphatic rings. The van der Waals surface area contributed by atoms with E-state index in [0.717, 1.165) is 21.0 Å². The van der Waals surface area contributed by atoms with Crippen molar-refractivity contribution in [3.05, 3.63) is 59.7 Å². The fraction of sp³-hybridized carbons (Fsp3) is 0.400. The SMILES string of the molecule is CC(C)SCc1ccccc1[Si]c1ccccc1CSC(C)C. The lowest BCUT2D eigenvalue weighted by molar-refractivity contribution is 1.11. The van der Waals surface area contributed by atoms with Crippen LogP contribution in [0.5, 0.6) is 0 Å². The molecule has 0 amide bonds. The molecule has 3 heteroatoms. The molecule has 0 aliphatic heterocycles. The van der Waals surface area contributed by atoms with Crippen LogP contribution in [-0.2, 0) is 11.5 Å². The number of thioether (sulfide) groups is 2. The minimum atomic E-state index is 0.682. The molecular weight excluding hydrogens is 332 g/mol. The number of hydrogen-bond acceptors (Lipinski definition) is 2. The van der Waals surface area contributed by atoms with Crippen molar-refractivity contribution in [2.75, 3.05) is 0 Å². The fourth-order valence-corrected chi connectivity index (χ4v) is 5.29. The Morgan fingerprint density at radius 2 is 1.09 bits per heavy atom. The molecule has 0 spiro atoms. The second-order valence-corrected chi connectivity index (χ2v) is 10.6. The van der Waals surface area contributed by atoms with Crippen LogP contribution in [0.1, 0.15) is 38.8 Å². The van der Waals surface area contributed by atoms with Gasteiger partial charge in [0.25, 0.3) is 0 Å². The molecule has 0 bridgehead atoms. The summed E-state index contributed by atoms with van der Waals surface area (Å²) in [5.74, 6) is 2.23. The highest BCUT2D eigenvalue weighted by Gasteiger charge is 2.09. The van der Waals surface area contributed by atoms with E-state index in [1.807, 2.05) is 23.5 Å². The third-order valence-electron chi connectivity index (χ3n) is 3.45. The molecule has 2 aromatic carbocycles. The predicted octanol–water partition coefficient (Wildman–Crippen LogP) is 4.62. The van der Waals surface area contributed by atoms with Gasteiger partial charge < -0.3 is 0 Å². The van der Waals surface area contributed by atoms with Crippen molar-refractivity contribution in [2.45, 2.75) is 49.7 Å². The van der Waals surface area contributed by atoms with Gasteiger partial charge in [-0.15, -0.1) is 0 Å². The third kappa shape index (κ3) is 6.40. The van der Waals surface area contributed by atoms with E-state index in [9.17, 15) is 0 Å². The smallest absolute Gasteiger partial charge is 0.122 e. The Labute approximate surface area is 152 Å². The first-order valence-corrected chi connectivity index (χ1v) is 11.3. The molecule has 0 atom stereocenters. The van der Waals surface area contributed by atoms with Gasteiger partial charge >= 0.3 is 0 Å². The van der Waals surface area contributed by atoms with E-state index in [1.165, 1.54) is 21.5 Å². The monoisotopic (exact) mass is 358 g/mol. The first-order chi connectivity index (χ1) is 11.1. The van der Waals surface area contributed by atoms with Gasteiger partial charge in [0.2, 0.25) is 0 Å². The van der Waals surface area contributed by atoms with Crippen LogP contribution in [-0.4, -0.2) is 20.0 Å². The zero-order valence-electron chi connectivity index (χ0n) is 14.5. The van der Waals surface area contributed by atoms with E-state index in [-0.39, 0.29) is 0 Å². The Balaban J connectivity index is 2.16. The molecule has 2 radical (unpaired) electrons. The van der Waals surface area contributed by atoms with Gasteiger partial charge in [-0.3, -0.25) is 0 Å². The summed E-state index contributed by atoms with van der Waals surface area (Å²) >= 11 is 4.06. The molecule has 0 unspecified atom stereocenters. The van der Waals surface area contributed by atoms with Gasteiger partial charge in [-0.05, 0) is 21.6 Å². The molecule has 2 aromatic rings. The van der Waals surface area contributed by atoms with E-state index < -0.39 is 0 Å². The molecule has 122 valence electrons. The molecule has 2 rings (SSSR count). The highest BCUT2D eigenvalue weighted by Crippen LogP contribution is 2.17. The summed E-state index contributed by atoms with van der Waals surface area (Å²) in [6, 6.07) is 17.9. The van der Waals surface area contributed by atoms with Crippen molar-refractivity contribution in [3.8, 4) is 0 Å². The maximum atomic E-state index is 2.31. The predicted molar refractivity (Wildman–Crippen MR) is 111 cm³/mol. The minimum absolute atomic E-state index is 0.682. The van der Waals surface area contributed by atoms with E-state index in [2.05, 4.69) is 76.2 Å². The number of hydrogen-bond donors (Lipinski definition) is 0. The summed E-state index contributed by atoms with van der Waals surface area (Å²) in [5, 5.41) is 4.37. The van der Waals surface area contributed by atoms with Gasteiger partial charge in [-0.1, -0.05) is 86.6 Å². The Bertz CT molecular complexity index is 555. The summed E-state index contributed by atoms with van der Waals surface area (Å²) in [5.41, 5.74) is 2.99. The van der Waals surface area contributed by atoms with Crippen LogP contribution in [0.25, 0.3) is 0 Å². The van der Waals surface area contributed by atoms with Crippen molar-refractivity contribution in [1.29, 1.82) is 0 Å². The molecule has 0 heterocycles. The Morgan fingerprint density at radius 3 is 1.48 bits per heavy atom. The van der Waals surface area contributed by atoms with Crippen LogP contribution in [0.3, 0.4) is 0 Å². The summed E-state index contributed by atoms with van der Waals surface area (Å²) in [6.45, 7) is 9.09. The zero-order chi connectivity index (χ0) is 16.7. The Morgan fingerprint density at radius 1 is 0.696 bits per heavy atom. The average Bonchev–Trinajstić information content (AvgIpc) is 2.53. The lowest BCUT2D eigenvalue weighted by atomic mass is 10.2. The highest BCUT2D eigenvalue weighted by atomic mass is 32.2. The van der Waals surface area contributed by atoms with E-state index in [1.54, 1.807) is 0 Å². The Kier molecular flexibility index (Phi) is 7.81. The second-order valence-electron chi connectivity index (χ2n) is 6.16. The lowest BCUT2D eigenvalue weighted by Gasteiger charge is -2.13. The maximum Gasteiger partial charge on any atom is 0.122 e. The second kappa shape index (κ2) is 9.60. The van der Waals surface area contributed by atoms with Crippen LogP contribution < -0.4 is 10.4 Å². The minimum Gasteiger partial charge on any atom is -0.154 e. The normalized spacial score (nSPS) is 11.4. The topological polar surface area (TPSA) is 0 Å². The van der Waals surface area contributed by atoms with Gasteiger partial charge in [0.15, 0.2) is 0 Å². The van der Waals surface area contributed by atoms with Crippen LogP contribution >= 0.6 is 23.5 Å². The van der Waals surface area contributed by atoms with Crippen LogP contribution in [0.4, 0.5) is 0 Å². The van der Waals surface area contributed by atoms with Crippen molar-refractivity contribution < 1.29 is 0 Å². The zero-order valence-corrected chi connectivity index (χ0v) is 17.1. The molecule has 0 fully saturated rings. The highest BCUT2D eigenvalue weighted by molar-refractivity contribution is 7.99. The Hall–Kier alpha value is -0.643. The number of benzene rings is 2. The van der Waals surface area contributed by atoms with Crippen LogP contribution in [0.2, 0.25) is 0 Å². The molecule has 0 N–H and O–H groups in total. The standard InChI is InChI=1S/C20H26S2Si/c1-15(2)21-13-17-9-5-7-11-19(17)23-20-12-8-6-10-18(20)14-22-16(3)4/h5-12,15-16H,13-14H2,1-4H3. The van der Waals surface area contributed by atoms with Gasteiger partial charge in [-0.25, -0.2) is 0 Å². The molecule has 0 saturated carbocycles. The molecule has 0 aromatic heterocycles. The molecule has 0 nitrogen and oxygen atoms in total. The lowest BCUT2D eigenvalue weighted by Crippen LogP contribution is -2.32. The van der Waals surface area contributed by atoms with Crippen molar-refractivity contribution in [1.82, 2.24) is 0 Å². The van der Waals surface area contributed by atoms with Crippen LogP contribution in [0.15, 0.2) is 48.5 Å². The van der Waals surface area contributed by atoms with Gasteiger partial charge in [-0.2, -0.15) is 23.5 Å².